The predicted molar refractivity (Wildman–Crippen MR) is 68.1 cm³/mol. The van der Waals surface area contributed by atoms with Crippen LogP contribution in [0.4, 0.5) is 30.4 Å². The molecule has 3 N–H and O–H groups in total. The van der Waals surface area contributed by atoms with Gasteiger partial charge < -0.3 is 11.1 Å². The van der Waals surface area contributed by atoms with Gasteiger partial charge in [0.1, 0.15) is 6.07 Å². The van der Waals surface area contributed by atoms with E-state index >= 15 is 0 Å². The molecule has 1 aromatic carbocycles. The number of halogens is 3. The van der Waals surface area contributed by atoms with Gasteiger partial charge in [-0.15, -0.1) is 0 Å². The van der Waals surface area contributed by atoms with Gasteiger partial charge in [-0.1, -0.05) is 0 Å². The highest BCUT2D eigenvalue weighted by atomic mass is 19.4. The minimum Gasteiger partial charge on any atom is -0.396 e. The lowest BCUT2D eigenvalue weighted by Crippen LogP contribution is -2.06. The van der Waals surface area contributed by atoms with E-state index in [1.54, 1.807) is 18.2 Å². The van der Waals surface area contributed by atoms with Crippen LogP contribution in [0, 0.1) is 11.3 Å². The monoisotopic (exact) mass is 278 g/mol. The Kier molecular flexibility index (Phi) is 3.48. The summed E-state index contributed by atoms with van der Waals surface area (Å²) < 4.78 is 37.7. The number of nitriles is 1. The lowest BCUT2D eigenvalue weighted by Gasteiger charge is -2.12. The maximum Gasteiger partial charge on any atom is 0.416 e. The molecule has 0 bridgehead atoms. The maximum absolute atomic E-state index is 12.6. The third kappa shape index (κ3) is 2.80. The second kappa shape index (κ2) is 5.09. The summed E-state index contributed by atoms with van der Waals surface area (Å²) in [6, 6.07) is 7.78. The number of anilines is 3. The van der Waals surface area contributed by atoms with Crippen LogP contribution < -0.4 is 11.1 Å². The van der Waals surface area contributed by atoms with Crippen LogP contribution in [-0.2, 0) is 6.18 Å². The lowest BCUT2D eigenvalue weighted by atomic mass is 10.1. The van der Waals surface area contributed by atoms with Crippen LogP contribution in [0.25, 0.3) is 0 Å². The fourth-order valence-electron chi connectivity index (χ4n) is 1.57. The highest BCUT2D eigenvalue weighted by Gasteiger charge is 2.31. The summed E-state index contributed by atoms with van der Waals surface area (Å²) in [5, 5.41) is 11.7. The largest absolute Gasteiger partial charge is 0.416 e. The molecule has 0 aliphatic rings. The van der Waals surface area contributed by atoms with E-state index in [9.17, 15) is 13.2 Å². The summed E-state index contributed by atoms with van der Waals surface area (Å²) in [4.78, 5) is 3.95. The molecule has 1 aromatic heterocycles. The summed E-state index contributed by atoms with van der Waals surface area (Å²) >= 11 is 0. The first-order valence-corrected chi connectivity index (χ1v) is 5.50. The molecule has 4 nitrogen and oxygen atoms in total. The number of hydrogen-bond acceptors (Lipinski definition) is 4. The van der Waals surface area contributed by atoms with Crippen molar-refractivity contribution in [3.63, 3.8) is 0 Å². The van der Waals surface area contributed by atoms with Crippen molar-refractivity contribution in [2.45, 2.75) is 6.18 Å². The van der Waals surface area contributed by atoms with Gasteiger partial charge in [-0.2, -0.15) is 18.4 Å². The van der Waals surface area contributed by atoms with E-state index < -0.39 is 11.7 Å². The minimum atomic E-state index is -4.49. The zero-order valence-corrected chi connectivity index (χ0v) is 10.1. The van der Waals surface area contributed by atoms with Crippen LogP contribution in [0.15, 0.2) is 36.5 Å². The first kappa shape index (κ1) is 13.7. The Morgan fingerprint density at radius 2 is 2.00 bits per heavy atom. The van der Waals surface area contributed by atoms with E-state index in [2.05, 4.69) is 10.3 Å². The van der Waals surface area contributed by atoms with Crippen molar-refractivity contribution in [1.29, 1.82) is 5.26 Å². The van der Waals surface area contributed by atoms with Crippen molar-refractivity contribution >= 4 is 17.2 Å². The van der Waals surface area contributed by atoms with Crippen LogP contribution >= 0.6 is 0 Å². The molecule has 0 aliphatic carbocycles. The van der Waals surface area contributed by atoms with E-state index in [1.165, 1.54) is 12.3 Å². The summed E-state index contributed by atoms with van der Waals surface area (Å²) in [5.41, 5.74) is 5.20. The summed E-state index contributed by atoms with van der Waals surface area (Å²) in [6.45, 7) is 0. The Balaban J connectivity index is 2.39. The summed E-state index contributed by atoms with van der Waals surface area (Å²) in [6.07, 6.45) is -3.01. The van der Waals surface area contributed by atoms with Crippen molar-refractivity contribution in [3.05, 3.63) is 47.7 Å². The fourth-order valence-corrected chi connectivity index (χ4v) is 1.57. The van der Waals surface area contributed by atoms with Gasteiger partial charge >= 0.3 is 6.18 Å². The van der Waals surface area contributed by atoms with E-state index in [1.807, 2.05) is 0 Å². The second-order valence-corrected chi connectivity index (χ2v) is 3.94. The van der Waals surface area contributed by atoms with Gasteiger partial charge in [0.2, 0.25) is 0 Å². The van der Waals surface area contributed by atoms with Crippen LogP contribution in [0.2, 0.25) is 0 Å². The topological polar surface area (TPSA) is 74.7 Å². The number of alkyl halides is 3. The quantitative estimate of drug-likeness (QED) is 0.883. The number of nitrogens with zero attached hydrogens (tertiary/aromatic N) is 2. The Bertz CT molecular complexity index is 674. The molecule has 0 amide bonds. The molecular formula is C13H9F3N4. The van der Waals surface area contributed by atoms with Gasteiger partial charge in [-0.3, -0.25) is 0 Å². The van der Waals surface area contributed by atoms with E-state index in [0.29, 0.717) is 5.69 Å². The number of benzene rings is 1. The van der Waals surface area contributed by atoms with Crippen molar-refractivity contribution < 1.29 is 13.2 Å². The van der Waals surface area contributed by atoms with Gasteiger partial charge in [0.15, 0.2) is 5.82 Å². The molecular weight excluding hydrogens is 269 g/mol. The molecule has 1 heterocycles. The third-order valence-electron chi connectivity index (χ3n) is 2.56. The van der Waals surface area contributed by atoms with Crippen molar-refractivity contribution in [1.82, 2.24) is 4.98 Å². The Morgan fingerprint density at radius 3 is 2.60 bits per heavy atom. The normalized spacial score (nSPS) is 10.9. The minimum absolute atomic E-state index is 0.134. The zero-order valence-electron chi connectivity index (χ0n) is 10.1. The molecule has 0 spiro atoms. The van der Waals surface area contributed by atoms with Crippen LogP contribution in [-0.4, -0.2) is 4.98 Å². The second-order valence-electron chi connectivity index (χ2n) is 3.94. The number of nitrogens with two attached hydrogens (primary N) is 1. The molecule has 7 heteroatoms. The summed E-state index contributed by atoms with van der Waals surface area (Å²) in [7, 11) is 0. The van der Waals surface area contributed by atoms with Crippen LogP contribution in [0.3, 0.4) is 0 Å². The van der Waals surface area contributed by atoms with Crippen molar-refractivity contribution in [3.8, 4) is 6.07 Å². The fraction of sp³-hybridized carbons (Fsp3) is 0.0769. The van der Waals surface area contributed by atoms with Gasteiger partial charge in [0.05, 0.1) is 22.5 Å². The number of pyridine rings is 1. The molecule has 2 rings (SSSR count). The standard InChI is InChI=1S/C13H9F3N4/c14-13(15,16)9-3-4-11(8(6-9)7-17)20-12-10(18)2-1-5-19-12/h1-6H,18H2,(H,19,20). The molecule has 0 saturated carbocycles. The van der Waals surface area contributed by atoms with Crippen molar-refractivity contribution in [2.75, 3.05) is 11.1 Å². The van der Waals surface area contributed by atoms with Gasteiger partial charge in [-0.25, -0.2) is 4.98 Å². The Hall–Kier alpha value is -2.75. The molecule has 0 saturated heterocycles. The lowest BCUT2D eigenvalue weighted by molar-refractivity contribution is -0.137. The van der Waals surface area contributed by atoms with Gasteiger partial charge in [0, 0.05) is 6.20 Å². The molecule has 0 aliphatic heterocycles. The predicted octanol–water partition coefficient (Wildman–Crippen LogP) is 3.30. The molecule has 0 atom stereocenters. The molecule has 0 radical (unpaired) electrons. The number of aromatic nitrogens is 1. The maximum atomic E-state index is 12.6. The number of nitrogens with one attached hydrogen (secondary N) is 1. The average molecular weight is 278 g/mol. The Labute approximate surface area is 112 Å². The first-order valence-electron chi connectivity index (χ1n) is 5.50. The highest BCUT2D eigenvalue weighted by molar-refractivity contribution is 5.72. The van der Waals surface area contributed by atoms with Gasteiger partial charge in [0.25, 0.3) is 0 Å². The SMILES string of the molecule is N#Cc1cc(C(F)(F)F)ccc1Nc1ncccc1N. The molecule has 20 heavy (non-hydrogen) atoms. The number of hydrogen-bond donors (Lipinski definition) is 2. The average Bonchev–Trinajstić information content (AvgIpc) is 2.40. The van der Waals surface area contributed by atoms with E-state index in [4.69, 9.17) is 11.0 Å². The number of nitrogen functional groups attached to an aromatic ring is 1. The third-order valence-corrected chi connectivity index (χ3v) is 2.56. The molecule has 102 valence electrons. The number of rotatable bonds is 2. The molecule has 0 fully saturated rings. The van der Waals surface area contributed by atoms with E-state index in [-0.39, 0.29) is 17.1 Å². The molecule has 2 aromatic rings. The van der Waals surface area contributed by atoms with Crippen LogP contribution in [0.5, 0.6) is 0 Å². The Morgan fingerprint density at radius 1 is 1.25 bits per heavy atom. The first-order chi connectivity index (χ1) is 9.41. The summed E-state index contributed by atoms with van der Waals surface area (Å²) in [5.74, 6) is 0.281. The molecule has 0 unspecified atom stereocenters. The van der Waals surface area contributed by atoms with Crippen LogP contribution in [0.1, 0.15) is 11.1 Å². The van der Waals surface area contributed by atoms with Gasteiger partial charge in [-0.05, 0) is 30.3 Å². The zero-order chi connectivity index (χ0) is 14.8. The smallest absolute Gasteiger partial charge is 0.396 e. The highest BCUT2D eigenvalue weighted by Crippen LogP contribution is 2.32. The van der Waals surface area contributed by atoms with E-state index in [0.717, 1.165) is 12.1 Å². The van der Waals surface area contributed by atoms with Crippen molar-refractivity contribution in [2.24, 2.45) is 0 Å².